The van der Waals surface area contributed by atoms with E-state index in [-0.39, 0.29) is 0 Å². The maximum Gasteiger partial charge on any atom is 0.376 e. The van der Waals surface area contributed by atoms with Crippen LogP contribution in [0.15, 0.2) is 24.3 Å². The van der Waals surface area contributed by atoms with Gasteiger partial charge in [0.2, 0.25) is 0 Å². The quantitative estimate of drug-likeness (QED) is 0.597. The lowest BCUT2D eigenvalue weighted by molar-refractivity contribution is -0.301. The predicted octanol–water partition coefficient (Wildman–Crippen LogP) is 2.97. The fraction of sp³-hybridized carbons (Fsp3) is 0.462. The van der Waals surface area contributed by atoms with Gasteiger partial charge in [-0.25, -0.2) is 4.79 Å². The number of hydrogen-bond donors (Lipinski definition) is 0. The Morgan fingerprint density at radius 1 is 1.24 bits per heavy atom. The molecule has 0 aliphatic rings. The second-order valence-corrected chi connectivity index (χ2v) is 4.50. The summed E-state index contributed by atoms with van der Waals surface area (Å²) in [4.78, 5) is 21.5. The van der Waals surface area contributed by atoms with E-state index in [4.69, 9.17) is 14.5 Å². The number of carbonyl (C=O) groups excluding carboxylic acids is 1. The summed E-state index contributed by atoms with van der Waals surface area (Å²) in [5, 5.41) is 0. The largest absolute Gasteiger partial charge is 0.493 e. The molecule has 94 valence electrons. The molecule has 0 aliphatic heterocycles. The average Bonchev–Trinajstić information content (AvgIpc) is 2.26. The van der Waals surface area contributed by atoms with Crippen molar-refractivity contribution in [3.05, 3.63) is 29.8 Å². The van der Waals surface area contributed by atoms with E-state index >= 15 is 0 Å². The zero-order valence-electron chi connectivity index (χ0n) is 10.6. The molecule has 0 atom stereocenters. The Balaban J connectivity index is 2.74. The highest BCUT2D eigenvalue weighted by molar-refractivity contribution is 5.92. The van der Waals surface area contributed by atoms with Crippen LogP contribution < -0.4 is 4.74 Å². The van der Waals surface area contributed by atoms with Crippen molar-refractivity contribution in [2.45, 2.75) is 33.3 Å². The molecule has 0 heterocycles. The van der Waals surface area contributed by atoms with Crippen molar-refractivity contribution < 1.29 is 19.3 Å². The molecule has 17 heavy (non-hydrogen) atoms. The fourth-order valence-electron chi connectivity index (χ4n) is 1.12. The van der Waals surface area contributed by atoms with Gasteiger partial charge in [0, 0.05) is 0 Å². The van der Waals surface area contributed by atoms with Crippen LogP contribution in [0.2, 0.25) is 0 Å². The first-order valence-electron chi connectivity index (χ1n) is 5.56. The smallest absolute Gasteiger partial charge is 0.376 e. The third-order valence-electron chi connectivity index (χ3n) is 1.77. The molecule has 0 saturated carbocycles. The van der Waals surface area contributed by atoms with Crippen molar-refractivity contribution in [2.24, 2.45) is 0 Å². The van der Waals surface area contributed by atoms with Crippen LogP contribution in [0.5, 0.6) is 5.75 Å². The lowest BCUT2D eigenvalue weighted by atomic mass is 10.2. The lowest BCUT2D eigenvalue weighted by Crippen LogP contribution is -2.22. The zero-order chi connectivity index (χ0) is 12.9. The number of carbonyl (C=O) groups is 1. The van der Waals surface area contributed by atoms with Gasteiger partial charge in [-0.3, -0.25) is 4.89 Å². The Morgan fingerprint density at radius 2 is 1.88 bits per heavy atom. The van der Waals surface area contributed by atoms with Crippen molar-refractivity contribution in [3.8, 4) is 5.75 Å². The second-order valence-electron chi connectivity index (χ2n) is 4.50. The van der Waals surface area contributed by atoms with E-state index in [2.05, 4.69) is 0 Å². The number of ether oxygens (including phenoxy) is 1. The molecule has 0 bridgehead atoms. The third-order valence-corrected chi connectivity index (χ3v) is 1.77. The van der Waals surface area contributed by atoms with E-state index in [1.54, 1.807) is 45.0 Å². The fourth-order valence-corrected chi connectivity index (χ4v) is 1.12. The van der Waals surface area contributed by atoms with Gasteiger partial charge in [0.25, 0.3) is 0 Å². The molecule has 4 heteroatoms. The minimum absolute atomic E-state index is 0.360. The van der Waals surface area contributed by atoms with Crippen LogP contribution >= 0.6 is 0 Å². The van der Waals surface area contributed by atoms with Crippen molar-refractivity contribution in [1.29, 1.82) is 0 Å². The topological polar surface area (TPSA) is 44.8 Å². The van der Waals surface area contributed by atoms with Gasteiger partial charge < -0.3 is 4.74 Å². The predicted molar refractivity (Wildman–Crippen MR) is 63.9 cm³/mol. The van der Waals surface area contributed by atoms with Gasteiger partial charge >= 0.3 is 5.97 Å². The molecule has 1 aromatic carbocycles. The lowest BCUT2D eigenvalue weighted by Gasteiger charge is -2.17. The van der Waals surface area contributed by atoms with Gasteiger partial charge in [0.1, 0.15) is 16.9 Å². The molecule has 0 amide bonds. The van der Waals surface area contributed by atoms with E-state index in [1.807, 2.05) is 6.92 Å². The highest BCUT2D eigenvalue weighted by Crippen LogP contribution is 2.20. The monoisotopic (exact) mass is 238 g/mol. The SMILES string of the molecule is CCOc1ccccc1C(=O)OOC(C)(C)C. The van der Waals surface area contributed by atoms with E-state index in [9.17, 15) is 4.79 Å². The van der Waals surface area contributed by atoms with Gasteiger partial charge in [0.15, 0.2) is 0 Å². The minimum Gasteiger partial charge on any atom is -0.493 e. The molecule has 0 aromatic heterocycles. The zero-order valence-corrected chi connectivity index (χ0v) is 10.6. The first-order chi connectivity index (χ1) is 7.94. The van der Waals surface area contributed by atoms with Crippen LogP contribution in [0.1, 0.15) is 38.1 Å². The number of para-hydroxylation sites is 1. The summed E-state index contributed by atoms with van der Waals surface area (Å²) in [6.45, 7) is 7.75. The van der Waals surface area contributed by atoms with E-state index in [0.29, 0.717) is 17.9 Å². The molecular formula is C13H18O4. The molecule has 0 saturated heterocycles. The second kappa shape index (κ2) is 5.68. The average molecular weight is 238 g/mol. The van der Waals surface area contributed by atoms with E-state index < -0.39 is 11.6 Å². The maximum atomic E-state index is 11.8. The van der Waals surface area contributed by atoms with Gasteiger partial charge in [-0.05, 0) is 39.8 Å². The van der Waals surface area contributed by atoms with Gasteiger partial charge in [-0.1, -0.05) is 12.1 Å². The molecule has 0 fully saturated rings. The molecule has 4 nitrogen and oxygen atoms in total. The molecule has 0 unspecified atom stereocenters. The van der Waals surface area contributed by atoms with Crippen LogP contribution in [-0.4, -0.2) is 18.2 Å². The Morgan fingerprint density at radius 3 is 2.47 bits per heavy atom. The Bertz CT molecular complexity index is 379. The van der Waals surface area contributed by atoms with Gasteiger partial charge in [-0.2, -0.15) is 4.89 Å². The maximum absolute atomic E-state index is 11.8. The highest BCUT2D eigenvalue weighted by atomic mass is 17.2. The van der Waals surface area contributed by atoms with Crippen LogP contribution in [0, 0.1) is 0 Å². The van der Waals surface area contributed by atoms with Crippen molar-refractivity contribution in [2.75, 3.05) is 6.61 Å². The molecule has 0 N–H and O–H groups in total. The summed E-state index contributed by atoms with van der Waals surface area (Å²) in [6, 6.07) is 6.90. The summed E-state index contributed by atoms with van der Waals surface area (Å²) in [7, 11) is 0. The normalized spacial score (nSPS) is 11.1. The molecule has 0 radical (unpaired) electrons. The molecule has 1 rings (SSSR count). The first-order valence-corrected chi connectivity index (χ1v) is 5.56. The van der Waals surface area contributed by atoms with Crippen LogP contribution in [0.3, 0.4) is 0 Å². The van der Waals surface area contributed by atoms with Crippen molar-refractivity contribution in [1.82, 2.24) is 0 Å². The van der Waals surface area contributed by atoms with Crippen LogP contribution in [0.4, 0.5) is 0 Å². The van der Waals surface area contributed by atoms with Crippen LogP contribution in [0.25, 0.3) is 0 Å². The summed E-state index contributed by atoms with van der Waals surface area (Å²) < 4.78 is 5.33. The first kappa shape index (κ1) is 13.5. The highest BCUT2D eigenvalue weighted by Gasteiger charge is 2.19. The Kier molecular flexibility index (Phi) is 4.52. The summed E-state index contributed by atoms with van der Waals surface area (Å²) in [6.07, 6.45) is 0. The molecule has 0 aliphatic carbocycles. The number of hydrogen-bond acceptors (Lipinski definition) is 4. The van der Waals surface area contributed by atoms with Crippen molar-refractivity contribution >= 4 is 5.97 Å². The van der Waals surface area contributed by atoms with Gasteiger partial charge in [0.05, 0.1) is 6.61 Å². The molecule has 1 aromatic rings. The van der Waals surface area contributed by atoms with E-state index in [0.717, 1.165) is 0 Å². The van der Waals surface area contributed by atoms with E-state index in [1.165, 1.54) is 0 Å². The summed E-state index contributed by atoms with van der Waals surface area (Å²) >= 11 is 0. The summed E-state index contributed by atoms with van der Waals surface area (Å²) in [5.74, 6) is -0.0542. The number of rotatable bonds is 4. The summed E-state index contributed by atoms with van der Waals surface area (Å²) in [5.41, 5.74) is -0.172. The Labute approximate surface area is 101 Å². The Hall–Kier alpha value is -1.55. The number of benzene rings is 1. The minimum atomic E-state index is -0.552. The molecule has 0 spiro atoms. The van der Waals surface area contributed by atoms with Crippen molar-refractivity contribution in [3.63, 3.8) is 0 Å². The van der Waals surface area contributed by atoms with Crippen LogP contribution in [-0.2, 0) is 9.78 Å². The molecular weight excluding hydrogens is 220 g/mol. The van der Waals surface area contributed by atoms with Gasteiger partial charge in [-0.15, -0.1) is 0 Å². The third kappa shape index (κ3) is 4.44. The standard InChI is InChI=1S/C13H18O4/c1-5-15-11-9-7-6-8-10(11)12(14)16-17-13(2,3)4/h6-9H,5H2,1-4H3.